The van der Waals surface area contributed by atoms with E-state index in [1.165, 1.54) is 16.8 Å². The molecule has 0 amide bonds. The maximum Gasteiger partial charge on any atom is 0.138 e. The summed E-state index contributed by atoms with van der Waals surface area (Å²) < 4.78 is 5.80. The summed E-state index contributed by atoms with van der Waals surface area (Å²) in [4.78, 5) is 2.92. The molecule has 0 saturated heterocycles. The molecule has 0 fully saturated rings. The second-order valence-corrected chi connectivity index (χ2v) is 6.09. The van der Waals surface area contributed by atoms with Gasteiger partial charge in [0.25, 0.3) is 0 Å². The van der Waals surface area contributed by atoms with Crippen LogP contribution in [0.3, 0.4) is 0 Å². The summed E-state index contributed by atoms with van der Waals surface area (Å²) in [6.45, 7) is 6.23. The van der Waals surface area contributed by atoms with Crippen LogP contribution in [0.15, 0.2) is 48.5 Å². The minimum Gasteiger partial charge on any atom is -0.486 e. The molecule has 0 aliphatic rings. The number of anilines is 1. The number of rotatable bonds is 7. The topological polar surface area (TPSA) is 24.5 Å². The van der Waals surface area contributed by atoms with E-state index in [2.05, 4.69) is 49.3 Å². The fourth-order valence-corrected chi connectivity index (χ4v) is 2.41. The molecule has 0 radical (unpaired) electrons. The molecule has 0 spiro atoms. The Bertz CT molecular complexity index is 643. The van der Waals surface area contributed by atoms with Gasteiger partial charge in [-0.2, -0.15) is 0 Å². The molecule has 0 bridgehead atoms. The first-order valence-electron chi connectivity index (χ1n) is 7.80. The van der Waals surface area contributed by atoms with Crippen molar-refractivity contribution >= 4 is 22.9 Å². The third-order valence-corrected chi connectivity index (χ3v) is 4.14. The highest BCUT2D eigenvalue weighted by atomic mass is 32.1. The summed E-state index contributed by atoms with van der Waals surface area (Å²) in [5.41, 5.74) is 3.59. The van der Waals surface area contributed by atoms with Crippen LogP contribution in [0, 0.1) is 13.8 Å². The molecule has 2 aromatic carbocycles. The van der Waals surface area contributed by atoms with E-state index in [0.29, 0.717) is 6.61 Å². The molecule has 23 heavy (non-hydrogen) atoms. The zero-order valence-electron chi connectivity index (χ0n) is 14.0. The lowest BCUT2D eigenvalue weighted by Crippen LogP contribution is -2.34. The monoisotopic (exact) mass is 328 g/mol. The van der Waals surface area contributed by atoms with E-state index >= 15 is 0 Å². The van der Waals surface area contributed by atoms with Gasteiger partial charge >= 0.3 is 0 Å². The number of ether oxygens (including phenoxy) is 1. The van der Waals surface area contributed by atoms with Crippen molar-refractivity contribution in [3.05, 3.63) is 59.7 Å². The summed E-state index contributed by atoms with van der Waals surface area (Å²) in [6, 6.07) is 16.4. The van der Waals surface area contributed by atoms with E-state index in [1.807, 2.05) is 30.3 Å². The Labute approximate surface area is 144 Å². The van der Waals surface area contributed by atoms with Gasteiger partial charge in [0, 0.05) is 25.8 Å². The van der Waals surface area contributed by atoms with Gasteiger partial charge in [-0.3, -0.25) is 0 Å². The van der Waals surface area contributed by atoms with Crippen molar-refractivity contribution in [3.63, 3.8) is 0 Å². The number of thiocarbonyl (C=S) groups is 1. The summed E-state index contributed by atoms with van der Waals surface area (Å²) in [5.74, 6) is 0.899. The molecule has 122 valence electrons. The molecule has 0 aliphatic heterocycles. The number of nitrogens with one attached hydrogen (secondary N) is 1. The molecule has 2 aromatic rings. The van der Waals surface area contributed by atoms with Crippen LogP contribution in [-0.4, -0.2) is 31.7 Å². The molecule has 0 aromatic heterocycles. The van der Waals surface area contributed by atoms with E-state index in [1.54, 1.807) is 0 Å². The molecule has 1 N–H and O–H groups in total. The van der Waals surface area contributed by atoms with Crippen LogP contribution in [0.5, 0.6) is 5.75 Å². The van der Waals surface area contributed by atoms with Gasteiger partial charge in [-0.1, -0.05) is 42.5 Å². The molecular weight excluding hydrogens is 304 g/mol. The number of likely N-dealkylation sites (N-methyl/N-ethyl adjacent to an activating group) is 1. The number of aryl methyl sites for hydroxylation is 1. The average Bonchev–Trinajstić information content (AvgIpc) is 2.57. The normalized spacial score (nSPS) is 10.2. The second-order valence-electron chi connectivity index (χ2n) is 5.59. The van der Waals surface area contributed by atoms with Crippen molar-refractivity contribution in [2.75, 3.05) is 31.6 Å². The second kappa shape index (κ2) is 8.53. The van der Waals surface area contributed by atoms with Crippen molar-refractivity contribution in [3.8, 4) is 5.75 Å². The van der Waals surface area contributed by atoms with Gasteiger partial charge in [0.2, 0.25) is 0 Å². The standard InChI is InChI=1S/C19H24N2OS/c1-15-8-7-11-18(16(15)2)22-14-19(23)20-12-13-21(3)17-9-5-4-6-10-17/h4-11H,12-14H2,1-3H3,(H,20,23). The largest absolute Gasteiger partial charge is 0.486 e. The molecule has 0 heterocycles. The quantitative estimate of drug-likeness (QED) is 0.783. The van der Waals surface area contributed by atoms with Crippen LogP contribution in [0.2, 0.25) is 0 Å². The molecular formula is C19H24N2OS. The molecule has 0 unspecified atom stereocenters. The summed E-state index contributed by atoms with van der Waals surface area (Å²) >= 11 is 5.34. The van der Waals surface area contributed by atoms with E-state index in [4.69, 9.17) is 17.0 Å². The predicted molar refractivity (Wildman–Crippen MR) is 102 cm³/mol. The van der Waals surface area contributed by atoms with Crippen LogP contribution in [0.25, 0.3) is 0 Å². The fourth-order valence-electron chi connectivity index (χ4n) is 2.25. The zero-order valence-corrected chi connectivity index (χ0v) is 14.8. The Hall–Kier alpha value is -2.07. The van der Waals surface area contributed by atoms with Crippen molar-refractivity contribution in [2.24, 2.45) is 0 Å². The SMILES string of the molecule is Cc1cccc(OCC(=S)NCCN(C)c2ccccc2)c1C. The Morgan fingerprint density at radius 2 is 1.83 bits per heavy atom. The Morgan fingerprint density at radius 1 is 1.09 bits per heavy atom. The summed E-state index contributed by atoms with van der Waals surface area (Å²) in [6.07, 6.45) is 0. The highest BCUT2D eigenvalue weighted by Crippen LogP contribution is 2.20. The van der Waals surface area contributed by atoms with Crippen LogP contribution in [0.4, 0.5) is 5.69 Å². The van der Waals surface area contributed by atoms with Gasteiger partial charge in [-0.05, 0) is 43.2 Å². The molecule has 3 nitrogen and oxygen atoms in total. The van der Waals surface area contributed by atoms with Crippen molar-refractivity contribution in [1.29, 1.82) is 0 Å². The molecule has 4 heteroatoms. The molecule has 0 atom stereocenters. The smallest absolute Gasteiger partial charge is 0.138 e. The highest BCUT2D eigenvalue weighted by molar-refractivity contribution is 7.80. The maximum atomic E-state index is 5.80. The molecule has 2 rings (SSSR count). The lowest BCUT2D eigenvalue weighted by atomic mass is 10.1. The number of nitrogens with zero attached hydrogens (tertiary/aromatic N) is 1. The Balaban J connectivity index is 1.72. The summed E-state index contributed by atoms with van der Waals surface area (Å²) in [7, 11) is 2.08. The first kappa shape index (κ1) is 17.3. The van der Waals surface area contributed by atoms with E-state index in [-0.39, 0.29) is 0 Å². The van der Waals surface area contributed by atoms with Crippen LogP contribution in [-0.2, 0) is 0 Å². The lowest BCUT2D eigenvalue weighted by Gasteiger charge is -2.20. The predicted octanol–water partition coefficient (Wildman–Crippen LogP) is 3.74. The third kappa shape index (κ3) is 5.25. The van der Waals surface area contributed by atoms with E-state index in [9.17, 15) is 0 Å². The zero-order chi connectivity index (χ0) is 16.7. The van der Waals surface area contributed by atoms with Gasteiger partial charge in [0.1, 0.15) is 17.3 Å². The van der Waals surface area contributed by atoms with Crippen molar-refractivity contribution in [1.82, 2.24) is 5.32 Å². The van der Waals surface area contributed by atoms with Gasteiger partial charge in [0.05, 0.1) is 0 Å². The molecule has 0 aliphatic carbocycles. The highest BCUT2D eigenvalue weighted by Gasteiger charge is 2.04. The Kier molecular flexibility index (Phi) is 6.41. The van der Waals surface area contributed by atoms with Crippen molar-refractivity contribution in [2.45, 2.75) is 13.8 Å². The summed E-state index contributed by atoms with van der Waals surface area (Å²) in [5, 5.41) is 3.25. The van der Waals surface area contributed by atoms with Crippen LogP contribution in [0.1, 0.15) is 11.1 Å². The third-order valence-electron chi connectivity index (χ3n) is 3.88. The number of hydrogen-bond acceptors (Lipinski definition) is 3. The Morgan fingerprint density at radius 3 is 2.57 bits per heavy atom. The van der Waals surface area contributed by atoms with Crippen LogP contribution < -0.4 is 15.0 Å². The lowest BCUT2D eigenvalue weighted by molar-refractivity contribution is 0.372. The first-order valence-corrected chi connectivity index (χ1v) is 8.20. The first-order chi connectivity index (χ1) is 11.1. The number of para-hydroxylation sites is 1. The number of hydrogen-bond donors (Lipinski definition) is 1. The molecule has 0 saturated carbocycles. The minimum atomic E-state index is 0.411. The van der Waals surface area contributed by atoms with E-state index in [0.717, 1.165) is 23.8 Å². The van der Waals surface area contributed by atoms with Crippen molar-refractivity contribution < 1.29 is 4.74 Å². The average molecular weight is 328 g/mol. The minimum absolute atomic E-state index is 0.411. The number of benzene rings is 2. The van der Waals surface area contributed by atoms with Gasteiger partial charge in [-0.25, -0.2) is 0 Å². The fraction of sp³-hybridized carbons (Fsp3) is 0.316. The van der Waals surface area contributed by atoms with E-state index < -0.39 is 0 Å². The van der Waals surface area contributed by atoms with Crippen LogP contribution >= 0.6 is 12.2 Å². The van der Waals surface area contributed by atoms with Gasteiger partial charge < -0.3 is 15.0 Å². The van der Waals surface area contributed by atoms with Gasteiger partial charge in [0.15, 0.2) is 0 Å². The van der Waals surface area contributed by atoms with Gasteiger partial charge in [-0.15, -0.1) is 0 Å². The maximum absolute atomic E-state index is 5.80.